The third kappa shape index (κ3) is 6.77. The molecular weight excluding hydrogens is 420 g/mol. The number of hydrogen-bond donors (Lipinski definition) is 1. The molecule has 1 aromatic rings. The van der Waals surface area contributed by atoms with E-state index in [0.717, 1.165) is 30.8 Å². The fraction of sp³-hybridized carbons (Fsp3) is 0.645. The topological polar surface area (TPSA) is 46.5 Å². The van der Waals surface area contributed by atoms with Gasteiger partial charge in [-0.25, -0.2) is 4.79 Å². The molecule has 0 radical (unpaired) electrons. The summed E-state index contributed by atoms with van der Waals surface area (Å²) in [7, 11) is 0. The summed E-state index contributed by atoms with van der Waals surface area (Å²) in [6.07, 6.45) is 16.2. The molecule has 2 unspecified atom stereocenters. The Labute approximate surface area is 207 Å². The van der Waals surface area contributed by atoms with Crippen LogP contribution in [0.25, 0.3) is 0 Å². The quantitative estimate of drug-likeness (QED) is 0.191. The summed E-state index contributed by atoms with van der Waals surface area (Å²) in [6.45, 7) is 14.4. The molecule has 0 aromatic heterocycles. The van der Waals surface area contributed by atoms with E-state index >= 15 is 0 Å². The van der Waals surface area contributed by atoms with Gasteiger partial charge in [-0.2, -0.15) is 0 Å². The summed E-state index contributed by atoms with van der Waals surface area (Å²) in [5, 5.41) is 8.91. The molecule has 0 bridgehead atoms. The van der Waals surface area contributed by atoms with E-state index in [0.29, 0.717) is 11.8 Å². The molecule has 0 saturated heterocycles. The van der Waals surface area contributed by atoms with Crippen molar-refractivity contribution >= 4 is 5.97 Å². The molecule has 2 aliphatic rings. The van der Waals surface area contributed by atoms with Gasteiger partial charge in [0.1, 0.15) is 5.75 Å². The van der Waals surface area contributed by atoms with Gasteiger partial charge < -0.3 is 9.84 Å². The van der Waals surface area contributed by atoms with Crippen molar-refractivity contribution in [2.75, 3.05) is 6.61 Å². The number of carboxylic acid groups (broad SMARTS) is 1. The maximum Gasteiger partial charge on any atom is 0.328 e. The van der Waals surface area contributed by atoms with Crippen molar-refractivity contribution in [1.29, 1.82) is 0 Å². The molecule has 1 N–H and O–H groups in total. The Morgan fingerprint density at radius 2 is 1.71 bits per heavy atom. The molecule has 0 aliphatic heterocycles. The first-order valence-electron chi connectivity index (χ1n) is 13.4. The number of fused-ring (bicyclic) bond motifs is 1. The van der Waals surface area contributed by atoms with E-state index in [1.54, 1.807) is 0 Å². The molecule has 3 nitrogen and oxygen atoms in total. The van der Waals surface area contributed by atoms with Gasteiger partial charge in [-0.15, -0.1) is 0 Å². The summed E-state index contributed by atoms with van der Waals surface area (Å²) >= 11 is 0. The van der Waals surface area contributed by atoms with Gasteiger partial charge in [-0.05, 0) is 90.0 Å². The average molecular weight is 467 g/mol. The Morgan fingerprint density at radius 3 is 2.35 bits per heavy atom. The Bertz CT molecular complexity index is 919. The number of carboxylic acids is 1. The second-order valence-corrected chi connectivity index (χ2v) is 11.9. The number of rotatable bonds is 12. The molecule has 34 heavy (non-hydrogen) atoms. The van der Waals surface area contributed by atoms with Crippen LogP contribution in [-0.2, 0) is 15.6 Å². The van der Waals surface area contributed by atoms with Gasteiger partial charge in [0.05, 0.1) is 6.61 Å². The smallest absolute Gasteiger partial charge is 0.328 e. The van der Waals surface area contributed by atoms with E-state index in [-0.39, 0.29) is 10.8 Å². The van der Waals surface area contributed by atoms with Gasteiger partial charge in [0, 0.05) is 6.08 Å². The number of allylic oxidation sites excluding steroid dienone is 3. The third-order valence-electron chi connectivity index (χ3n) is 7.98. The summed E-state index contributed by atoms with van der Waals surface area (Å²) in [5.74, 6) is 1.37. The van der Waals surface area contributed by atoms with E-state index in [9.17, 15) is 4.79 Å². The fourth-order valence-electron chi connectivity index (χ4n) is 5.47. The van der Waals surface area contributed by atoms with Gasteiger partial charge >= 0.3 is 5.97 Å². The zero-order valence-corrected chi connectivity index (χ0v) is 22.4. The summed E-state index contributed by atoms with van der Waals surface area (Å²) < 4.78 is 6.49. The molecule has 3 heteroatoms. The van der Waals surface area contributed by atoms with Crippen LogP contribution in [0.15, 0.2) is 35.9 Å². The first-order chi connectivity index (χ1) is 16.0. The first-order valence-corrected chi connectivity index (χ1v) is 13.4. The second-order valence-electron chi connectivity index (χ2n) is 11.9. The summed E-state index contributed by atoms with van der Waals surface area (Å²) in [5.41, 5.74) is 5.54. The number of hydrogen-bond acceptors (Lipinski definition) is 2. The van der Waals surface area contributed by atoms with Crippen LogP contribution in [0, 0.1) is 5.92 Å². The van der Waals surface area contributed by atoms with Gasteiger partial charge in [0.15, 0.2) is 0 Å². The number of ether oxygens (including phenoxy) is 1. The highest BCUT2D eigenvalue weighted by Crippen LogP contribution is 2.55. The highest BCUT2D eigenvalue weighted by Gasteiger charge is 2.43. The molecule has 0 spiro atoms. The van der Waals surface area contributed by atoms with Crippen LogP contribution in [-0.4, -0.2) is 17.7 Å². The van der Waals surface area contributed by atoms with Gasteiger partial charge in [-0.3, -0.25) is 0 Å². The zero-order valence-electron chi connectivity index (χ0n) is 22.4. The minimum Gasteiger partial charge on any atom is -0.493 e. The zero-order chi connectivity index (χ0) is 24.9. The molecular formula is C31H46O3. The van der Waals surface area contributed by atoms with Crippen molar-refractivity contribution < 1.29 is 14.6 Å². The standard InChI is InChI=1S/C31H46O3/c1-7-8-9-10-11-17-34-28-21-27-26(30(3,4)15-16-31(27,5)6)20-25(28)24-19-23(24)14-12-13-22(2)18-29(32)33/h12-13,18,20-21,23-24H,7-11,14-17,19H2,1-6H3,(H,32,33). The molecule has 1 fully saturated rings. The van der Waals surface area contributed by atoms with Crippen LogP contribution in [0.3, 0.4) is 0 Å². The van der Waals surface area contributed by atoms with Crippen molar-refractivity contribution in [2.24, 2.45) is 5.92 Å². The predicted molar refractivity (Wildman–Crippen MR) is 142 cm³/mol. The lowest BCUT2D eigenvalue weighted by Gasteiger charge is -2.42. The van der Waals surface area contributed by atoms with Crippen molar-refractivity contribution in [3.05, 3.63) is 52.6 Å². The molecule has 1 aromatic carbocycles. The number of aliphatic carboxylic acids is 1. The SMILES string of the molecule is CCCCCCCOc1cc2c(cc1C1CC1CC=CC(C)=CC(=O)O)C(C)(C)CCC2(C)C. The van der Waals surface area contributed by atoms with E-state index in [1.165, 1.54) is 67.7 Å². The minimum absolute atomic E-state index is 0.183. The van der Waals surface area contributed by atoms with Gasteiger partial charge in [0.25, 0.3) is 0 Å². The van der Waals surface area contributed by atoms with Crippen LogP contribution < -0.4 is 4.74 Å². The predicted octanol–water partition coefficient (Wildman–Crippen LogP) is 8.47. The van der Waals surface area contributed by atoms with E-state index in [2.05, 4.69) is 52.8 Å². The molecule has 2 aliphatic carbocycles. The third-order valence-corrected chi connectivity index (χ3v) is 7.98. The number of carbonyl (C=O) groups is 1. The van der Waals surface area contributed by atoms with Gasteiger partial charge in [-0.1, -0.05) is 78.5 Å². The second kappa shape index (κ2) is 11.1. The van der Waals surface area contributed by atoms with E-state index in [4.69, 9.17) is 9.84 Å². The Kier molecular flexibility index (Phi) is 8.71. The van der Waals surface area contributed by atoms with Crippen molar-refractivity contribution in [2.45, 2.75) is 116 Å². The highest BCUT2D eigenvalue weighted by atomic mass is 16.5. The van der Waals surface area contributed by atoms with Crippen LogP contribution in [0.4, 0.5) is 0 Å². The molecule has 0 amide bonds. The lowest BCUT2D eigenvalue weighted by atomic mass is 9.62. The normalized spacial score (nSPS) is 23.1. The van der Waals surface area contributed by atoms with Crippen LogP contribution in [0.2, 0.25) is 0 Å². The van der Waals surface area contributed by atoms with Crippen LogP contribution in [0.5, 0.6) is 5.75 Å². The number of unbranched alkanes of at least 4 members (excludes halogenated alkanes) is 4. The van der Waals surface area contributed by atoms with Crippen LogP contribution in [0.1, 0.15) is 122 Å². The van der Waals surface area contributed by atoms with E-state index in [1.807, 2.05) is 13.0 Å². The van der Waals surface area contributed by atoms with Crippen LogP contribution >= 0.6 is 0 Å². The van der Waals surface area contributed by atoms with Crippen molar-refractivity contribution in [3.63, 3.8) is 0 Å². The monoisotopic (exact) mass is 466 g/mol. The molecule has 2 atom stereocenters. The molecule has 1 saturated carbocycles. The fourth-order valence-corrected chi connectivity index (χ4v) is 5.47. The van der Waals surface area contributed by atoms with Crippen molar-refractivity contribution in [3.8, 4) is 5.75 Å². The largest absolute Gasteiger partial charge is 0.493 e. The van der Waals surface area contributed by atoms with E-state index < -0.39 is 5.97 Å². The van der Waals surface area contributed by atoms with Gasteiger partial charge in [0.2, 0.25) is 0 Å². The lowest BCUT2D eigenvalue weighted by molar-refractivity contribution is -0.131. The Hall–Kier alpha value is -2.03. The first kappa shape index (κ1) is 26.6. The number of benzene rings is 1. The maximum absolute atomic E-state index is 10.8. The summed E-state index contributed by atoms with van der Waals surface area (Å²) in [6, 6.07) is 4.88. The molecule has 3 rings (SSSR count). The maximum atomic E-state index is 10.8. The summed E-state index contributed by atoms with van der Waals surface area (Å²) in [4.78, 5) is 10.8. The lowest BCUT2D eigenvalue weighted by Crippen LogP contribution is -2.34. The Morgan fingerprint density at radius 1 is 1.06 bits per heavy atom. The highest BCUT2D eigenvalue weighted by molar-refractivity contribution is 5.81. The van der Waals surface area contributed by atoms with Crippen molar-refractivity contribution in [1.82, 2.24) is 0 Å². The molecule has 188 valence electrons. The average Bonchev–Trinajstić information content (AvgIpc) is 3.52. The molecule has 0 heterocycles. The Balaban J connectivity index is 1.79. The minimum atomic E-state index is -0.887.